The second-order valence-electron chi connectivity index (χ2n) is 4.85. The molecular formula is C13H17BrN4O2. The number of hydrogen-bond acceptors (Lipinski definition) is 4. The average Bonchev–Trinajstić information content (AvgIpc) is 2.80. The topological polar surface area (TPSA) is 75.1 Å². The van der Waals surface area contributed by atoms with Crippen LogP contribution >= 0.6 is 15.9 Å². The maximum Gasteiger partial charge on any atom is 0.271 e. The number of anilines is 1. The Balaban J connectivity index is 2.36. The number of aromatic amines is 1. The molecule has 0 bridgehead atoms. The Kier molecular flexibility index (Phi) is 4.59. The summed E-state index contributed by atoms with van der Waals surface area (Å²) in [6.07, 6.45) is 1.01. The van der Waals surface area contributed by atoms with Gasteiger partial charge in [0.05, 0.1) is 16.0 Å². The summed E-state index contributed by atoms with van der Waals surface area (Å²) in [5.41, 5.74) is 1.51. The van der Waals surface area contributed by atoms with Gasteiger partial charge in [-0.2, -0.15) is 0 Å². The molecule has 0 aliphatic heterocycles. The first kappa shape index (κ1) is 14.8. The Morgan fingerprint density at radius 1 is 1.50 bits per heavy atom. The van der Waals surface area contributed by atoms with Gasteiger partial charge >= 0.3 is 0 Å². The maximum absolute atomic E-state index is 10.8. The lowest BCUT2D eigenvalue weighted by atomic mass is 10.3. The number of nitrogens with zero attached hydrogens (tertiary/aromatic N) is 3. The SMILES string of the molecule is CC(C)N(CCCBr)c1nc2ccc([N+](=O)[O-])cc2[nH]1. The third-order valence-electron chi connectivity index (χ3n) is 3.09. The highest BCUT2D eigenvalue weighted by Gasteiger charge is 2.16. The molecule has 0 saturated heterocycles. The molecule has 0 spiro atoms. The minimum absolute atomic E-state index is 0.0734. The van der Waals surface area contributed by atoms with E-state index >= 15 is 0 Å². The van der Waals surface area contributed by atoms with Crippen molar-refractivity contribution < 1.29 is 4.92 Å². The second kappa shape index (κ2) is 6.21. The molecule has 0 amide bonds. The summed E-state index contributed by atoms with van der Waals surface area (Å²) < 4.78 is 0. The molecule has 1 N–H and O–H groups in total. The number of nitro groups is 1. The van der Waals surface area contributed by atoms with Crippen LogP contribution in [0, 0.1) is 10.1 Å². The molecule has 2 aromatic rings. The molecule has 1 aromatic carbocycles. The maximum atomic E-state index is 10.8. The lowest BCUT2D eigenvalue weighted by Gasteiger charge is -2.25. The van der Waals surface area contributed by atoms with E-state index in [4.69, 9.17) is 0 Å². The highest BCUT2D eigenvalue weighted by atomic mass is 79.9. The van der Waals surface area contributed by atoms with E-state index in [1.807, 2.05) is 0 Å². The van der Waals surface area contributed by atoms with Crippen molar-refractivity contribution in [1.29, 1.82) is 0 Å². The molecule has 20 heavy (non-hydrogen) atoms. The Hall–Kier alpha value is -1.63. The van der Waals surface area contributed by atoms with Gasteiger partial charge in [-0.05, 0) is 26.3 Å². The number of aromatic nitrogens is 2. The number of hydrogen-bond donors (Lipinski definition) is 1. The highest BCUT2D eigenvalue weighted by Crippen LogP contribution is 2.23. The van der Waals surface area contributed by atoms with E-state index in [9.17, 15) is 10.1 Å². The van der Waals surface area contributed by atoms with Crippen molar-refractivity contribution in [2.24, 2.45) is 0 Å². The van der Waals surface area contributed by atoms with Crippen LogP contribution in [0.3, 0.4) is 0 Å². The van der Waals surface area contributed by atoms with Crippen molar-refractivity contribution in [2.45, 2.75) is 26.3 Å². The van der Waals surface area contributed by atoms with E-state index in [2.05, 4.69) is 44.6 Å². The minimum atomic E-state index is -0.398. The van der Waals surface area contributed by atoms with E-state index < -0.39 is 4.92 Å². The Morgan fingerprint density at radius 2 is 2.25 bits per heavy atom. The number of halogens is 1. The van der Waals surface area contributed by atoms with Gasteiger partial charge in [0.2, 0.25) is 5.95 Å². The fraction of sp³-hybridized carbons (Fsp3) is 0.462. The van der Waals surface area contributed by atoms with Crippen molar-refractivity contribution in [2.75, 3.05) is 16.8 Å². The van der Waals surface area contributed by atoms with Crippen molar-refractivity contribution >= 4 is 38.6 Å². The van der Waals surface area contributed by atoms with Crippen LogP contribution in [0.25, 0.3) is 11.0 Å². The van der Waals surface area contributed by atoms with Gasteiger partial charge in [-0.25, -0.2) is 4.98 Å². The van der Waals surface area contributed by atoms with Gasteiger partial charge in [-0.3, -0.25) is 10.1 Å². The zero-order chi connectivity index (χ0) is 14.7. The lowest BCUT2D eigenvalue weighted by Crippen LogP contribution is -2.32. The van der Waals surface area contributed by atoms with Crippen molar-refractivity contribution in [1.82, 2.24) is 9.97 Å². The molecule has 1 heterocycles. The number of nitrogens with one attached hydrogen (secondary N) is 1. The number of imidazole rings is 1. The van der Waals surface area contributed by atoms with Crippen molar-refractivity contribution in [3.8, 4) is 0 Å². The molecule has 0 aliphatic rings. The van der Waals surface area contributed by atoms with Gasteiger partial charge in [-0.15, -0.1) is 0 Å². The molecule has 6 nitrogen and oxygen atoms in total. The van der Waals surface area contributed by atoms with Gasteiger partial charge in [0.25, 0.3) is 5.69 Å². The summed E-state index contributed by atoms with van der Waals surface area (Å²) in [5, 5.41) is 11.7. The first-order chi connectivity index (χ1) is 9.52. The van der Waals surface area contributed by atoms with Gasteiger partial charge in [-0.1, -0.05) is 15.9 Å². The first-order valence-corrected chi connectivity index (χ1v) is 7.62. The minimum Gasteiger partial charge on any atom is -0.340 e. The number of rotatable bonds is 6. The fourth-order valence-electron chi connectivity index (χ4n) is 2.07. The summed E-state index contributed by atoms with van der Waals surface area (Å²) >= 11 is 3.43. The van der Waals surface area contributed by atoms with Crippen LogP contribution in [0.4, 0.5) is 11.6 Å². The monoisotopic (exact) mass is 340 g/mol. The molecule has 0 saturated carbocycles. The van der Waals surface area contributed by atoms with Gasteiger partial charge in [0.15, 0.2) is 0 Å². The molecule has 1 aromatic heterocycles. The molecule has 0 fully saturated rings. The summed E-state index contributed by atoms with van der Waals surface area (Å²) in [6.45, 7) is 5.08. The smallest absolute Gasteiger partial charge is 0.271 e. The van der Waals surface area contributed by atoms with E-state index in [1.165, 1.54) is 12.1 Å². The van der Waals surface area contributed by atoms with Crippen LogP contribution in [0.15, 0.2) is 18.2 Å². The van der Waals surface area contributed by atoms with E-state index in [0.29, 0.717) is 11.6 Å². The van der Waals surface area contributed by atoms with E-state index in [-0.39, 0.29) is 5.69 Å². The normalized spacial score (nSPS) is 11.2. The zero-order valence-corrected chi connectivity index (χ0v) is 13.1. The molecule has 108 valence electrons. The van der Waals surface area contributed by atoms with Crippen LogP contribution < -0.4 is 4.90 Å². The van der Waals surface area contributed by atoms with Gasteiger partial charge < -0.3 is 9.88 Å². The predicted molar refractivity (Wildman–Crippen MR) is 83.6 cm³/mol. The van der Waals surface area contributed by atoms with E-state index in [1.54, 1.807) is 6.07 Å². The fourth-order valence-corrected chi connectivity index (χ4v) is 2.32. The number of nitro benzene ring substituents is 1. The van der Waals surface area contributed by atoms with Crippen molar-refractivity contribution in [3.05, 3.63) is 28.3 Å². The summed E-state index contributed by atoms with van der Waals surface area (Å²) in [7, 11) is 0. The second-order valence-corrected chi connectivity index (χ2v) is 5.64. The third kappa shape index (κ3) is 3.09. The Bertz CT molecular complexity index is 611. The quantitative estimate of drug-likeness (QED) is 0.496. The zero-order valence-electron chi connectivity index (χ0n) is 11.5. The first-order valence-electron chi connectivity index (χ1n) is 6.49. The number of fused-ring (bicyclic) bond motifs is 1. The van der Waals surface area contributed by atoms with Crippen molar-refractivity contribution in [3.63, 3.8) is 0 Å². The molecule has 2 rings (SSSR count). The van der Waals surface area contributed by atoms with Gasteiger partial charge in [0, 0.05) is 30.0 Å². The highest BCUT2D eigenvalue weighted by molar-refractivity contribution is 9.09. The molecule has 7 heteroatoms. The number of H-pyrrole nitrogens is 1. The molecule has 0 radical (unpaired) electrons. The lowest BCUT2D eigenvalue weighted by molar-refractivity contribution is -0.384. The molecule has 0 atom stereocenters. The van der Waals surface area contributed by atoms with Crippen LogP contribution in [-0.2, 0) is 0 Å². The molecule has 0 unspecified atom stereocenters. The number of alkyl halides is 1. The largest absolute Gasteiger partial charge is 0.340 e. The Morgan fingerprint density at radius 3 is 2.85 bits per heavy atom. The van der Waals surface area contributed by atoms with Crippen LogP contribution in [0.2, 0.25) is 0 Å². The van der Waals surface area contributed by atoms with Crippen LogP contribution in [0.1, 0.15) is 20.3 Å². The summed E-state index contributed by atoms with van der Waals surface area (Å²) in [6, 6.07) is 4.99. The van der Waals surface area contributed by atoms with E-state index in [0.717, 1.165) is 29.8 Å². The number of non-ortho nitro benzene ring substituents is 1. The summed E-state index contributed by atoms with van der Waals surface area (Å²) in [4.78, 5) is 20.2. The molecule has 0 aliphatic carbocycles. The standard InChI is InChI=1S/C13H17BrN4O2/c1-9(2)17(7-3-6-14)13-15-11-5-4-10(18(19)20)8-12(11)16-13/h4-5,8-9H,3,6-7H2,1-2H3,(H,15,16). The predicted octanol–water partition coefficient (Wildman–Crippen LogP) is 3.47. The third-order valence-corrected chi connectivity index (χ3v) is 3.65. The summed E-state index contributed by atoms with van der Waals surface area (Å²) in [5.74, 6) is 0.761. The molecular weight excluding hydrogens is 324 g/mol. The van der Waals surface area contributed by atoms with Crippen LogP contribution in [0.5, 0.6) is 0 Å². The van der Waals surface area contributed by atoms with Gasteiger partial charge in [0.1, 0.15) is 0 Å². The van der Waals surface area contributed by atoms with Crippen LogP contribution in [-0.4, -0.2) is 32.8 Å². The average molecular weight is 341 g/mol. The Labute approximate surface area is 125 Å². The number of benzene rings is 1.